The minimum Gasteiger partial charge on any atom is -0.482 e. The fourth-order valence-electron chi connectivity index (χ4n) is 9.10. The molecule has 14 heteroatoms. The lowest BCUT2D eigenvalue weighted by atomic mass is 9.52. The van der Waals surface area contributed by atoms with Crippen molar-refractivity contribution in [1.82, 2.24) is 0 Å². The van der Waals surface area contributed by atoms with Gasteiger partial charge in [-0.1, -0.05) is 43.2 Å². The number of carbonyl (C=O) groups excluding carboxylic acids is 2. The number of phosphoric ester groups is 1. The number of nitriles is 1. The second-order valence-corrected chi connectivity index (χ2v) is 18.1. The van der Waals surface area contributed by atoms with E-state index in [1.54, 1.807) is 26.0 Å². The maximum Gasteiger partial charge on any atom is 0.524 e. The van der Waals surface area contributed by atoms with Crippen LogP contribution in [-0.2, 0) is 34.8 Å². The smallest absolute Gasteiger partial charge is 0.482 e. The topological polar surface area (TPSA) is 197 Å². The molecule has 1 aliphatic carbocycles. The molecule has 6 rings (SSSR count). The molecule has 57 heavy (non-hydrogen) atoms. The number of allylic oxidation sites excluding steroid dienone is 5. The fourth-order valence-corrected chi connectivity index (χ4v) is 9.53. The zero-order chi connectivity index (χ0) is 42.2. The molecule has 4 heterocycles. The van der Waals surface area contributed by atoms with Crippen LogP contribution in [-0.4, -0.2) is 51.1 Å². The molecule has 6 atom stereocenters. The molecule has 2 fully saturated rings. The summed E-state index contributed by atoms with van der Waals surface area (Å²) in [5.41, 5.74) is 4.62. The number of ketones is 1. The van der Waals surface area contributed by atoms with Gasteiger partial charge in [0.2, 0.25) is 5.88 Å². The number of nitrogens with zero attached hydrogens (tertiary/aromatic N) is 1. The van der Waals surface area contributed by atoms with Crippen molar-refractivity contribution >= 4 is 31.4 Å². The Morgan fingerprint density at radius 3 is 2.32 bits per heavy atom. The Hall–Kier alpha value is -4.60. The largest absolute Gasteiger partial charge is 0.524 e. The van der Waals surface area contributed by atoms with E-state index in [0.717, 1.165) is 11.1 Å². The van der Waals surface area contributed by atoms with E-state index in [4.69, 9.17) is 33.9 Å². The van der Waals surface area contributed by atoms with Gasteiger partial charge in [0.1, 0.15) is 34.5 Å². The van der Waals surface area contributed by atoms with Crippen molar-refractivity contribution in [2.24, 2.45) is 23.5 Å². The number of methoxy groups -OCH3 is 1. The van der Waals surface area contributed by atoms with Crippen LogP contribution in [0.25, 0.3) is 11.8 Å². The number of carbonyl (C=O) groups is 2. The van der Waals surface area contributed by atoms with Crippen molar-refractivity contribution in [2.45, 2.75) is 117 Å². The van der Waals surface area contributed by atoms with Gasteiger partial charge in [-0.25, -0.2) is 9.36 Å². The highest BCUT2D eigenvalue weighted by molar-refractivity contribution is 7.46. The van der Waals surface area contributed by atoms with Gasteiger partial charge in [0.05, 0.1) is 23.8 Å². The van der Waals surface area contributed by atoms with E-state index in [1.807, 2.05) is 67.5 Å². The van der Waals surface area contributed by atoms with Crippen molar-refractivity contribution in [3.8, 4) is 23.3 Å². The summed E-state index contributed by atoms with van der Waals surface area (Å²) >= 11 is 0. The first kappa shape index (κ1) is 42.0. The van der Waals surface area contributed by atoms with Crippen molar-refractivity contribution in [3.05, 3.63) is 74.7 Å². The van der Waals surface area contributed by atoms with Gasteiger partial charge in [0.25, 0.3) is 0 Å². The summed E-state index contributed by atoms with van der Waals surface area (Å²) in [6.07, 6.45) is 10.6. The molecule has 13 nitrogen and oxygen atoms in total. The summed E-state index contributed by atoms with van der Waals surface area (Å²) in [4.78, 5) is 48.9. The van der Waals surface area contributed by atoms with Gasteiger partial charge >= 0.3 is 13.8 Å². The van der Waals surface area contributed by atoms with Crippen LogP contribution in [0.3, 0.4) is 0 Å². The van der Waals surface area contributed by atoms with E-state index >= 15 is 4.79 Å². The van der Waals surface area contributed by atoms with Gasteiger partial charge in [-0.2, -0.15) is 5.26 Å². The van der Waals surface area contributed by atoms with E-state index in [-0.39, 0.29) is 69.8 Å². The number of hydrogen-bond acceptors (Lipinski definition) is 11. The van der Waals surface area contributed by atoms with Crippen LogP contribution in [0.5, 0.6) is 17.2 Å². The Morgan fingerprint density at radius 1 is 1.05 bits per heavy atom. The summed E-state index contributed by atoms with van der Waals surface area (Å²) in [6, 6.07) is 2.17. The second kappa shape index (κ2) is 14.3. The van der Waals surface area contributed by atoms with Crippen LogP contribution in [0.4, 0.5) is 0 Å². The SMILES string of the molecule is COC(=O)/C(C)=C\CC12OC(C)(C)C(C)C13Oc1c(CC=C(C)C)c4c(c(OP(=O)(O)O)c1C1=C3C(C(C#N)=C(N)O1)C(C)C2=O)C=CC(C)(CCC=C(C)C)O4. The summed E-state index contributed by atoms with van der Waals surface area (Å²) in [7, 11) is -4.02. The third kappa shape index (κ3) is 6.64. The molecule has 0 radical (unpaired) electrons. The fraction of sp³-hybridized carbons (Fsp3) is 0.512. The quantitative estimate of drug-likeness (QED) is 0.0903. The molecule has 4 N–H and O–H groups in total. The van der Waals surface area contributed by atoms with Crippen molar-refractivity contribution in [3.63, 3.8) is 0 Å². The second-order valence-electron chi connectivity index (χ2n) is 16.9. The first-order chi connectivity index (χ1) is 26.5. The maximum absolute atomic E-state index is 15.3. The van der Waals surface area contributed by atoms with Gasteiger partial charge in [-0.3, -0.25) is 14.6 Å². The number of esters is 1. The highest BCUT2D eigenvalue weighted by Crippen LogP contribution is 2.70. The standard InChI is InChI=1S/C43H53N2O11P/c1-22(2)13-12-18-41(10)19-17-28-33(53-41)27(15-14-23(3)4)34-31(35(28)55-57(48,49)50)36-32-30(29(21-44)38(45)52-36)25(6)37(46)42(20-16-24(5)39(47)51-11)43(32,54-34)26(7)40(8,9)56-42/h13-14,16-17,19,25-26,30H,12,15,18,20,45H2,1-11H3,(H2,48,49,50)/b24-16-. The van der Waals surface area contributed by atoms with Gasteiger partial charge in [-0.05, 0) is 86.8 Å². The predicted octanol–water partition coefficient (Wildman–Crippen LogP) is 7.67. The predicted molar refractivity (Wildman–Crippen MR) is 212 cm³/mol. The number of Topliss-reactive ketones (excluding diaryl/α,β-unsaturated/α-hetero) is 1. The third-order valence-corrected chi connectivity index (χ3v) is 12.5. The van der Waals surface area contributed by atoms with Crippen LogP contribution in [0.15, 0.2) is 58.1 Å². The van der Waals surface area contributed by atoms with Gasteiger partial charge in [-0.15, -0.1) is 0 Å². The van der Waals surface area contributed by atoms with E-state index in [0.29, 0.717) is 24.0 Å². The molecular weight excluding hydrogens is 751 g/mol. The van der Waals surface area contributed by atoms with E-state index in [2.05, 4.69) is 12.1 Å². The number of phosphoric acid groups is 1. The molecule has 4 aliphatic heterocycles. The van der Waals surface area contributed by atoms with Crippen LogP contribution in [0.1, 0.15) is 105 Å². The molecule has 1 saturated heterocycles. The number of nitrogens with two attached hydrogens (primary N) is 1. The Balaban J connectivity index is 1.78. The Labute approximate surface area is 334 Å². The highest BCUT2D eigenvalue weighted by Gasteiger charge is 2.79. The third-order valence-electron chi connectivity index (χ3n) is 12.1. The molecular formula is C43H53N2O11P. The Bertz CT molecular complexity index is 2230. The molecule has 1 saturated carbocycles. The molecule has 5 aliphatic rings. The number of rotatable bonds is 10. The van der Waals surface area contributed by atoms with Crippen molar-refractivity contribution in [1.29, 1.82) is 5.26 Å². The van der Waals surface area contributed by atoms with Crippen molar-refractivity contribution in [2.75, 3.05) is 7.11 Å². The van der Waals surface area contributed by atoms with Crippen LogP contribution in [0.2, 0.25) is 0 Å². The lowest BCUT2D eigenvalue weighted by Crippen LogP contribution is -2.70. The molecule has 0 amide bonds. The average molecular weight is 805 g/mol. The summed E-state index contributed by atoms with van der Waals surface area (Å²) in [5, 5.41) is 10.6. The van der Waals surface area contributed by atoms with Gasteiger partial charge in [0, 0.05) is 40.9 Å². The normalized spacial score (nSPS) is 29.4. The average Bonchev–Trinajstić information content (AvgIpc) is 3.29. The monoisotopic (exact) mass is 804 g/mol. The lowest BCUT2D eigenvalue weighted by Gasteiger charge is -2.57. The van der Waals surface area contributed by atoms with Gasteiger partial charge < -0.3 is 33.9 Å². The number of hydrogen-bond donors (Lipinski definition) is 3. The summed E-state index contributed by atoms with van der Waals surface area (Å²) in [6.45, 7) is 18.7. The zero-order valence-corrected chi connectivity index (χ0v) is 35.4. The number of fused-ring (bicyclic) bond motifs is 3. The summed E-state index contributed by atoms with van der Waals surface area (Å²) < 4.78 is 51.4. The minimum absolute atomic E-state index is 0.00311. The van der Waals surface area contributed by atoms with Crippen molar-refractivity contribution < 1.29 is 52.1 Å². The number of benzene rings is 1. The van der Waals surface area contributed by atoms with E-state index < -0.39 is 53.9 Å². The number of ether oxygens (including phenoxy) is 5. The van der Waals surface area contributed by atoms with Crippen LogP contribution >= 0.6 is 7.82 Å². The molecule has 1 aromatic carbocycles. The van der Waals surface area contributed by atoms with E-state index in [1.165, 1.54) is 7.11 Å². The van der Waals surface area contributed by atoms with E-state index in [9.17, 15) is 24.4 Å². The highest BCUT2D eigenvalue weighted by atomic mass is 31.2. The molecule has 6 unspecified atom stereocenters. The molecule has 0 bridgehead atoms. The molecule has 1 spiro atoms. The summed E-state index contributed by atoms with van der Waals surface area (Å²) in [5.74, 6) is -3.67. The molecule has 1 aromatic rings. The maximum atomic E-state index is 15.3. The lowest BCUT2D eigenvalue weighted by molar-refractivity contribution is -0.176. The first-order valence-electron chi connectivity index (χ1n) is 19.1. The Kier molecular flexibility index (Phi) is 10.6. The van der Waals surface area contributed by atoms with Crippen LogP contribution < -0.4 is 19.7 Å². The molecule has 306 valence electrons. The zero-order valence-electron chi connectivity index (χ0n) is 34.5. The first-order valence-corrected chi connectivity index (χ1v) is 20.7. The minimum atomic E-state index is -5.29. The van der Waals surface area contributed by atoms with Crippen LogP contribution in [0, 0.1) is 29.1 Å². The Morgan fingerprint density at radius 2 is 1.72 bits per heavy atom. The van der Waals surface area contributed by atoms with Gasteiger partial charge in [0.15, 0.2) is 22.7 Å². The molecule has 0 aromatic heterocycles.